The maximum Gasteiger partial charge on any atom is 0.340 e. The molecule has 0 amide bonds. The first-order valence-corrected chi connectivity index (χ1v) is 6.40. The summed E-state index contributed by atoms with van der Waals surface area (Å²) >= 11 is 0. The lowest BCUT2D eigenvalue weighted by Gasteiger charge is -2.07. The number of rotatable bonds is 4. The molecule has 4 heteroatoms. The number of nitrogen functional groups attached to an aromatic ring is 1. The molecule has 0 aliphatic heterocycles. The molecule has 2 N–H and O–H groups in total. The fourth-order valence-corrected chi connectivity index (χ4v) is 1.82. The molecule has 2 rings (SSSR count). The van der Waals surface area contributed by atoms with Gasteiger partial charge in [-0.1, -0.05) is 31.2 Å². The van der Waals surface area contributed by atoms with Crippen LogP contribution >= 0.6 is 0 Å². The molecule has 0 spiro atoms. The van der Waals surface area contributed by atoms with Crippen LogP contribution in [0.1, 0.15) is 28.4 Å². The van der Waals surface area contributed by atoms with Crippen molar-refractivity contribution >= 4 is 11.7 Å². The summed E-state index contributed by atoms with van der Waals surface area (Å²) in [6.45, 7) is 2.24. The van der Waals surface area contributed by atoms with Crippen molar-refractivity contribution < 1.29 is 13.9 Å². The summed E-state index contributed by atoms with van der Waals surface area (Å²) in [5.41, 5.74) is 7.97. The quantitative estimate of drug-likeness (QED) is 0.686. The van der Waals surface area contributed by atoms with Gasteiger partial charge in [0, 0.05) is 5.69 Å². The number of hydrogen-bond acceptors (Lipinski definition) is 3. The van der Waals surface area contributed by atoms with Gasteiger partial charge in [0.25, 0.3) is 0 Å². The first kappa shape index (κ1) is 14.1. The second-order valence-electron chi connectivity index (χ2n) is 4.48. The minimum absolute atomic E-state index is 0.0799. The van der Waals surface area contributed by atoms with Crippen molar-refractivity contribution in [2.75, 3.05) is 5.73 Å². The summed E-state index contributed by atoms with van der Waals surface area (Å²) in [4.78, 5) is 11.8. The van der Waals surface area contributed by atoms with Gasteiger partial charge in [0.1, 0.15) is 12.4 Å². The summed E-state index contributed by atoms with van der Waals surface area (Å²) in [6.07, 6.45) is 0.964. The minimum atomic E-state index is -0.554. The fourth-order valence-electron chi connectivity index (χ4n) is 1.82. The second-order valence-corrected chi connectivity index (χ2v) is 4.48. The average Bonchev–Trinajstić information content (AvgIpc) is 2.45. The van der Waals surface area contributed by atoms with Gasteiger partial charge in [0.05, 0.1) is 5.56 Å². The van der Waals surface area contributed by atoms with Crippen LogP contribution in [0.2, 0.25) is 0 Å². The number of carbonyl (C=O) groups is 1. The summed E-state index contributed by atoms with van der Waals surface area (Å²) in [7, 11) is 0. The molecule has 3 nitrogen and oxygen atoms in total. The largest absolute Gasteiger partial charge is 0.457 e. The predicted octanol–water partition coefficient (Wildman–Crippen LogP) is 3.33. The van der Waals surface area contributed by atoms with Gasteiger partial charge in [0.15, 0.2) is 0 Å². The van der Waals surface area contributed by atoms with Gasteiger partial charge >= 0.3 is 5.97 Å². The number of nitrogens with two attached hydrogens (primary N) is 1. The Labute approximate surface area is 117 Å². The van der Waals surface area contributed by atoms with E-state index in [0.29, 0.717) is 0 Å². The molecule has 0 saturated carbocycles. The molecular weight excluding hydrogens is 257 g/mol. The fraction of sp³-hybridized carbons (Fsp3) is 0.188. The highest BCUT2D eigenvalue weighted by Crippen LogP contribution is 2.15. The Morgan fingerprint density at radius 3 is 2.40 bits per heavy atom. The molecule has 0 aliphatic carbocycles. The van der Waals surface area contributed by atoms with E-state index in [0.717, 1.165) is 18.1 Å². The van der Waals surface area contributed by atoms with E-state index >= 15 is 0 Å². The Morgan fingerprint density at radius 1 is 1.15 bits per heavy atom. The van der Waals surface area contributed by atoms with Gasteiger partial charge in [-0.15, -0.1) is 0 Å². The van der Waals surface area contributed by atoms with Crippen molar-refractivity contribution in [1.29, 1.82) is 0 Å². The highest BCUT2D eigenvalue weighted by Gasteiger charge is 2.11. The van der Waals surface area contributed by atoms with E-state index in [9.17, 15) is 9.18 Å². The van der Waals surface area contributed by atoms with E-state index in [1.165, 1.54) is 17.7 Å². The zero-order valence-corrected chi connectivity index (χ0v) is 11.2. The smallest absolute Gasteiger partial charge is 0.340 e. The highest BCUT2D eigenvalue weighted by atomic mass is 19.1. The lowest BCUT2D eigenvalue weighted by molar-refractivity contribution is 0.0474. The molecule has 0 radical (unpaired) electrons. The first-order chi connectivity index (χ1) is 9.60. The normalized spacial score (nSPS) is 10.3. The molecule has 0 heterocycles. The molecule has 0 atom stereocenters. The van der Waals surface area contributed by atoms with Crippen molar-refractivity contribution in [3.05, 3.63) is 65.0 Å². The Balaban J connectivity index is 2.00. The molecule has 20 heavy (non-hydrogen) atoms. The monoisotopic (exact) mass is 273 g/mol. The van der Waals surface area contributed by atoms with Crippen LogP contribution in [0.4, 0.5) is 10.1 Å². The summed E-state index contributed by atoms with van der Waals surface area (Å²) in [6, 6.07) is 11.4. The molecule has 104 valence electrons. The molecular formula is C16H16FNO2. The van der Waals surface area contributed by atoms with E-state index in [1.807, 2.05) is 24.3 Å². The number of benzene rings is 2. The van der Waals surface area contributed by atoms with Crippen molar-refractivity contribution in [3.8, 4) is 0 Å². The van der Waals surface area contributed by atoms with Crippen LogP contribution in [0.5, 0.6) is 0 Å². The van der Waals surface area contributed by atoms with E-state index in [4.69, 9.17) is 10.5 Å². The van der Waals surface area contributed by atoms with Crippen LogP contribution in [0, 0.1) is 5.82 Å². The zero-order valence-electron chi connectivity index (χ0n) is 11.2. The van der Waals surface area contributed by atoms with Gasteiger partial charge in [-0.05, 0) is 35.7 Å². The molecule has 0 bridgehead atoms. The van der Waals surface area contributed by atoms with Crippen LogP contribution in [0.15, 0.2) is 42.5 Å². The summed E-state index contributed by atoms with van der Waals surface area (Å²) in [5, 5.41) is 0. The lowest BCUT2D eigenvalue weighted by Crippen LogP contribution is -2.08. The van der Waals surface area contributed by atoms with Crippen LogP contribution in [-0.2, 0) is 17.8 Å². The van der Waals surface area contributed by atoms with E-state index in [2.05, 4.69) is 6.92 Å². The molecule has 0 aliphatic rings. The van der Waals surface area contributed by atoms with Gasteiger partial charge in [-0.3, -0.25) is 0 Å². The number of aryl methyl sites for hydroxylation is 1. The molecule has 0 saturated heterocycles. The molecule has 0 fully saturated rings. The van der Waals surface area contributed by atoms with Crippen molar-refractivity contribution in [3.63, 3.8) is 0 Å². The number of carbonyl (C=O) groups excluding carboxylic acids is 1. The van der Waals surface area contributed by atoms with Crippen LogP contribution in [0.25, 0.3) is 0 Å². The maximum absolute atomic E-state index is 12.9. The predicted molar refractivity (Wildman–Crippen MR) is 75.8 cm³/mol. The number of ether oxygens (including phenoxy) is 1. The second kappa shape index (κ2) is 6.19. The summed E-state index contributed by atoms with van der Waals surface area (Å²) < 4.78 is 18.1. The topological polar surface area (TPSA) is 52.3 Å². The van der Waals surface area contributed by atoms with Crippen molar-refractivity contribution in [2.24, 2.45) is 0 Å². The number of anilines is 1. The maximum atomic E-state index is 12.9. The molecule has 2 aromatic rings. The number of esters is 1. The number of hydrogen-bond donors (Lipinski definition) is 1. The van der Waals surface area contributed by atoms with Crippen molar-refractivity contribution in [2.45, 2.75) is 20.0 Å². The molecule has 2 aromatic carbocycles. The Bertz CT molecular complexity index is 608. The highest BCUT2D eigenvalue weighted by molar-refractivity contribution is 5.94. The third-order valence-corrected chi connectivity index (χ3v) is 3.03. The first-order valence-electron chi connectivity index (χ1n) is 6.40. The SMILES string of the molecule is CCc1ccc(COC(=O)c2ccc(F)cc2N)cc1. The summed E-state index contributed by atoms with van der Waals surface area (Å²) in [5.74, 6) is -1.03. The molecule has 0 aromatic heterocycles. The molecule has 0 unspecified atom stereocenters. The standard InChI is InChI=1S/C16H16FNO2/c1-2-11-3-5-12(6-4-11)10-20-16(19)14-8-7-13(17)9-15(14)18/h3-9H,2,10,18H2,1H3. The number of halogens is 1. The van der Waals surface area contributed by atoms with Crippen LogP contribution in [-0.4, -0.2) is 5.97 Å². The van der Waals surface area contributed by atoms with Gasteiger partial charge in [0.2, 0.25) is 0 Å². The third kappa shape index (κ3) is 3.35. The van der Waals surface area contributed by atoms with E-state index < -0.39 is 11.8 Å². The Hall–Kier alpha value is -2.36. The van der Waals surface area contributed by atoms with E-state index in [-0.39, 0.29) is 17.9 Å². The van der Waals surface area contributed by atoms with Crippen molar-refractivity contribution in [1.82, 2.24) is 0 Å². The Morgan fingerprint density at radius 2 is 1.80 bits per heavy atom. The average molecular weight is 273 g/mol. The Kier molecular flexibility index (Phi) is 4.35. The minimum Gasteiger partial charge on any atom is -0.457 e. The van der Waals surface area contributed by atoms with Gasteiger partial charge in [-0.2, -0.15) is 0 Å². The zero-order chi connectivity index (χ0) is 14.5. The van der Waals surface area contributed by atoms with E-state index in [1.54, 1.807) is 0 Å². The van der Waals surface area contributed by atoms with Crippen LogP contribution < -0.4 is 5.73 Å². The lowest BCUT2D eigenvalue weighted by atomic mass is 10.1. The third-order valence-electron chi connectivity index (χ3n) is 3.03. The van der Waals surface area contributed by atoms with Gasteiger partial charge < -0.3 is 10.5 Å². The van der Waals surface area contributed by atoms with Crippen LogP contribution in [0.3, 0.4) is 0 Å². The van der Waals surface area contributed by atoms with Gasteiger partial charge in [-0.25, -0.2) is 9.18 Å².